The summed E-state index contributed by atoms with van der Waals surface area (Å²) in [7, 11) is -2.98. The lowest BCUT2D eigenvalue weighted by atomic mass is 10.1. The van der Waals surface area contributed by atoms with Gasteiger partial charge in [-0.1, -0.05) is 6.07 Å². The van der Waals surface area contributed by atoms with Gasteiger partial charge in [0.05, 0.1) is 24.7 Å². The highest BCUT2D eigenvalue weighted by molar-refractivity contribution is 7.91. The maximum Gasteiger partial charge on any atom is 0.161 e. The molecular weight excluding hydrogens is 278 g/mol. The van der Waals surface area contributed by atoms with Gasteiger partial charge >= 0.3 is 0 Å². The summed E-state index contributed by atoms with van der Waals surface area (Å²) in [6.45, 7) is 2.01. The number of sulfone groups is 1. The van der Waals surface area contributed by atoms with Gasteiger partial charge in [0.2, 0.25) is 0 Å². The lowest BCUT2D eigenvalue weighted by Crippen LogP contribution is -2.25. The molecule has 0 aliphatic carbocycles. The Morgan fingerprint density at radius 1 is 1.10 bits per heavy atom. The predicted octanol–water partition coefficient (Wildman–Crippen LogP) is 1.30. The second-order valence-electron chi connectivity index (χ2n) is 5.23. The van der Waals surface area contributed by atoms with Crippen LogP contribution in [0, 0.1) is 0 Å². The lowest BCUT2D eigenvalue weighted by Gasteiger charge is -2.17. The zero-order valence-electron chi connectivity index (χ0n) is 11.3. The van der Waals surface area contributed by atoms with E-state index in [4.69, 9.17) is 9.47 Å². The van der Waals surface area contributed by atoms with Crippen LogP contribution in [0.25, 0.3) is 0 Å². The molecule has 2 aliphatic heterocycles. The average Bonchev–Trinajstić information content (AvgIpc) is 2.75. The van der Waals surface area contributed by atoms with Crippen molar-refractivity contribution in [2.75, 3.05) is 31.3 Å². The van der Waals surface area contributed by atoms with Crippen LogP contribution in [-0.4, -0.2) is 39.7 Å². The van der Waals surface area contributed by atoms with E-state index in [2.05, 4.69) is 5.32 Å². The molecule has 0 saturated carbocycles. The number of hydrogen-bond acceptors (Lipinski definition) is 5. The first-order valence-corrected chi connectivity index (χ1v) is 8.79. The molecule has 5 nitrogen and oxygen atoms in total. The molecule has 0 spiro atoms. The van der Waals surface area contributed by atoms with Crippen molar-refractivity contribution in [3.05, 3.63) is 23.8 Å². The molecule has 2 aliphatic rings. The molecule has 1 fully saturated rings. The largest absolute Gasteiger partial charge is 0.490 e. The molecule has 0 amide bonds. The van der Waals surface area contributed by atoms with E-state index in [0.29, 0.717) is 25.4 Å². The van der Waals surface area contributed by atoms with Gasteiger partial charge in [0.15, 0.2) is 21.3 Å². The minimum atomic E-state index is -2.98. The summed E-state index contributed by atoms with van der Waals surface area (Å²) in [5.41, 5.74) is 0.944. The summed E-state index contributed by atoms with van der Waals surface area (Å²) in [6, 6.07) is 5.53. The SMILES string of the molecule is O=S1(=O)CCCNC(c2ccc3c(c2)OCCCO3)C1. The van der Waals surface area contributed by atoms with Crippen LogP contribution in [0.2, 0.25) is 0 Å². The van der Waals surface area contributed by atoms with E-state index in [0.717, 1.165) is 24.3 Å². The quantitative estimate of drug-likeness (QED) is 0.846. The Balaban J connectivity index is 1.88. The molecular formula is C14H19NO4S. The van der Waals surface area contributed by atoms with E-state index in [1.165, 1.54) is 0 Å². The molecule has 2 heterocycles. The lowest BCUT2D eigenvalue weighted by molar-refractivity contribution is 0.297. The van der Waals surface area contributed by atoms with E-state index < -0.39 is 9.84 Å². The Morgan fingerprint density at radius 2 is 1.90 bits per heavy atom. The van der Waals surface area contributed by atoms with Crippen molar-refractivity contribution in [1.82, 2.24) is 5.32 Å². The summed E-state index contributed by atoms with van der Waals surface area (Å²) in [5, 5.41) is 3.30. The molecule has 1 unspecified atom stereocenters. The molecule has 1 aromatic carbocycles. The van der Waals surface area contributed by atoms with E-state index >= 15 is 0 Å². The van der Waals surface area contributed by atoms with Gasteiger partial charge in [-0.2, -0.15) is 0 Å². The van der Waals surface area contributed by atoms with Gasteiger partial charge in [0.25, 0.3) is 0 Å². The minimum absolute atomic E-state index is 0.145. The normalized spacial score (nSPS) is 25.5. The van der Waals surface area contributed by atoms with Crippen molar-refractivity contribution in [3.63, 3.8) is 0 Å². The first kappa shape index (κ1) is 13.7. The number of nitrogens with one attached hydrogen (secondary N) is 1. The maximum absolute atomic E-state index is 11.9. The monoisotopic (exact) mass is 297 g/mol. The Kier molecular flexibility index (Phi) is 3.85. The summed E-state index contributed by atoms with van der Waals surface area (Å²) in [6.07, 6.45) is 1.53. The topological polar surface area (TPSA) is 64.6 Å². The van der Waals surface area contributed by atoms with Gasteiger partial charge in [0.1, 0.15) is 0 Å². The fraction of sp³-hybridized carbons (Fsp3) is 0.571. The van der Waals surface area contributed by atoms with Gasteiger partial charge in [-0.05, 0) is 30.7 Å². The van der Waals surface area contributed by atoms with Crippen LogP contribution in [0.5, 0.6) is 11.5 Å². The minimum Gasteiger partial charge on any atom is -0.490 e. The van der Waals surface area contributed by atoms with Crippen molar-refractivity contribution >= 4 is 9.84 Å². The summed E-state index contributed by atoms with van der Waals surface area (Å²) in [4.78, 5) is 0. The Hall–Kier alpha value is -1.27. The zero-order chi connectivity index (χ0) is 14.0. The van der Waals surface area contributed by atoms with Gasteiger partial charge in [-0.25, -0.2) is 8.42 Å². The van der Waals surface area contributed by atoms with Crippen molar-refractivity contribution in [2.24, 2.45) is 0 Å². The van der Waals surface area contributed by atoms with Gasteiger partial charge < -0.3 is 14.8 Å². The zero-order valence-corrected chi connectivity index (χ0v) is 12.1. The highest BCUT2D eigenvalue weighted by atomic mass is 32.2. The second kappa shape index (κ2) is 5.61. The molecule has 1 saturated heterocycles. The molecule has 0 radical (unpaired) electrons. The smallest absolute Gasteiger partial charge is 0.161 e. The molecule has 0 aromatic heterocycles. The molecule has 6 heteroatoms. The van der Waals surface area contributed by atoms with E-state index in [1.807, 2.05) is 18.2 Å². The second-order valence-corrected chi connectivity index (χ2v) is 7.46. The van der Waals surface area contributed by atoms with Crippen molar-refractivity contribution in [3.8, 4) is 11.5 Å². The van der Waals surface area contributed by atoms with Crippen molar-refractivity contribution in [1.29, 1.82) is 0 Å². The van der Waals surface area contributed by atoms with Crippen LogP contribution in [0.3, 0.4) is 0 Å². The number of ether oxygens (including phenoxy) is 2. The van der Waals surface area contributed by atoms with E-state index in [9.17, 15) is 8.42 Å². The van der Waals surface area contributed by atoms with Gasteiger partial charge in [0, 0.05) is 12.5 Å². The fourth-order valence-electron chi connectivity index (χ4n) is 2.58. The summed E-state index contributed by atoms with van der Waals surface area (Å²) < 4.78 is 35.1. The molecule has 1 atom stereocenters. The van der Waals surface area contributed by atoms with Crippen LogP contribution in [0.4, 0.5) is 0 Å². The third-order valence-electron chi connectivity index (χ3n) is 3.62. The Morgan fingerprint density at radius 3 is 2.75 bits per heavy atom. The number of rotatable bonds is 1. The third-order valence-corrected chi connectivity index (χ3v) is 5.37. The van der Waals surface area contributed by atoms with Crippen molar-refractivity contribution < 1.29 is 17.9 Å². The average molecular weight is 297 g/mol. The number of benzene rings is 1. The van der Waals surface area contributed by atoms with Crippen molar-refractivity contribution in [2.45, 2.75) is 18.9 Å². The molecule has 3 rings (SSSR count). The first-order chi connectivity index (χ1) is 9.64. The molecule has 110 valence electrons. The number of hydrogen-bond donors (Lipinski definition) is 1. The first-order valence-electron chi connectivity index (χ1n) is 6.97. The van der Waals surface area contributed by atoms with Crippen LogP contribution >= 0.6 is 0 Å². The molecule has 20 heavy (non-hydrogen) atoms. The Bertz CT molecular complexity index is 585. The van der Waals surface area contributed by atoms with Crippen LogP contribution < -0.4 is 14.8 Å². The summed E-state index contributed by atoms with van der Waals surface area (Å²) >= 11 is 0. The highest BCUT2D eigenvalue weighted by Crippen LogP contribution is 2.33. The van der Waals surface area contributed by atoms with Crippen LogP contribution in [0.15, 0.2) is 18.2 Å². The number of fused-ring (bicyclic) bond motifs is 1. The van der Waals surface area contributed by atoms with Gasteiger partial charge in [-0.15, -0.1) is 0 Å². The van der Waals surface area contributed by atoms with Crippen LogP contribution in [-0.2, 0) is 9.84 Å². The molecule has 1 aromatic rings. The fourth-order valence-corrected chi connectivity index (χ4v) is 4.14. The Labute approximate surface area is 119 Å². The van der Waals surface area contributed by atoms with E-state index in [1.54, 1.807) is 0 Å². The molecule has 0 bridgehead atoms. The maximum atomic E-state index is 11.9. The standard InChI is InChI=1S/C14H19NO4S/c16-20(17)8-1-5-15-12(10-20)11-3-4-13-14(9-11)19-7-2-6-18-13/h3-4,9,12,15H,1-2,5-8,10H2. The van der Waals surface area contributed by atoms with Crippen LogP contribution in [0.1, 0.15) is 24.4 Å². The van der Waals surface area contributed by atoms with E-state index in [-0.39, 0.29) is 17.5 Å². The summed E-state index contributed by atoms with van der Waals surface area (Å²) in [5.74, 6) is 1.86. The third kappa shape index (κ3) is 3.07. The highest BCUT2D eigenvalue weighted by Gasteiger charge is 2.24. The van der Waals surface area contributed by atoms with Gasteiger partial charge in [-0.3, -0.25) is 0 Å². The predicted molar refractivity (Wildman–Crippen MR) is 76.1 cm³/mol. The molecule has 1 N–H and O–H groups in total.